The average molecular weight is 458 g/mol. The normalized spacial score (nSPS) is 12.1. The van der Waals surface area contributed by atoms with Gasteiger partial charge in [-0.2, -0.15) is 0 Å². The number of thioether (sulfide) groups is 1. The van der Waals surface area contributed by atoms with E-state index in [4.69, 9.17) is 9.56 Å². The van der Waals surface area contributed by atoms with Crippen LogP contribution in [0.25, 0.3) is 22.0 Å². The van der Waals surface area contributed by atoms with Gasteiger partial charge in [0, 0.05) is 23.8 Å². The Morgan fingerprint density at radius 1 is 1.13 bits per heavy atom. The van der Waals surface area contributed by atoms with E-state index in [2.05, 4.69) is 16.5 Å². The van der Waals surface area contributed by atoms with Crippen molar-refractivity contribution in [3.05, 3.63) is 63.5 Å². The highest BCUT2D eigenvalue weighted by Gasteiger charge is 2.16. The van der Waals surface area contributed by atoms with Crippen molar-refractivity contribution in [2.45, 2.75) is 49.5 Å². The number of benzene rings is 2. The van der Waals surface area contributed by atoms with Crippen LogP contribution in [-0.4, -0.2) is 18.0 Å². The molecule has 0 fully saturated rings. The van der Waals surface area contributed by atoms with E-state index in [9.17, 15) is 13.2 Å². The molecule has 0 unspecified atom stereocenters. The zero-order valence-electron chi connectivity index (χ0n) is 17.5. The van der Waals surface area contributed by atoms with Gasteiger partial charge in [0.15, 0.2) is 5.16 Å². The fraction of sp³-hybridized carbons (Fsp3) is 0.273. The van der Waals surface area contributed by atoms with Crippen molar-refractivity contribution in [2.75, 3.05) is 0 Å². The molecule has 2 heterocycles. The predicted octanol–water partition coefficient (Wildman–Crippen LogP) is 4.11. The summed E-state index contributed by atoms with van der Waals surface area (Å²) >= 11 is 1.50. The molecule has 162 valence electrons. The van der Waals surface area contributed by atoms with Gasteiger partial charge in [-0.15, -0.1) is 0 Å². The molecule has 2 aromatic carbocycles. The van der Waals surface area contributed by atoms with Gasteiger partial charge in [-0.1, -0.05) is 18.7 Å². The Bertz CT molecular complexity index is 1470. The Balaban J connectivity index is 1.76. The van der Waals surface area contributed by atoms with E-state index < -0.39 is 10.0 Å². The number of imidazole rings is 1. The Labute approximate surface area is 184 Å². The zero-order valence-corrected chi connectivity index (χ0v) is 19.1. The lowest BCUT2D eigenvalue weighted by Gasteiger charge is -2.10. The first-order chi connectivity index (χ1) is 14.7. The molecule has 0 aliphatic rings. The molecule has 0 aliphatic heterocycles. The molecule has 2 N–H and O–H groups in total. The smallest absolute Gasteiger partial charge is 0.336 e. The molecule has 9 heteroatoms. The van der Waals surface area contributed by atoms with Gasteiger partial charge in [0.05, 0.1) is 15.9 Å². The third-order valence-corrected chi connectivity index (χ3v) is 7.20. The van der Waals surface area contributed by atoms with Gasteiger partial charge in [-0.3, -0.25) is 0 Å². The number of sulfonamides is 1. The van der Waals surface area contributed by atoms with Crippen molar-refractivity contribution in [1.29, 1.82) is 0 Å². The van der Waals surface area contributed by atoms with Crippen LogP contribution in [0, 0.1) is 13.8 Å². The molecule has 0 saturated carbocycles. The maximum atomic E-state index is 12.1. The average Bonchev–Trinajstić information content (AvgIpc) is 3.04. The van der Waals surface area contributed by atoms with E-state index in [-0.39, 0.29) is 10.5 Å². The molecule has 2 aromatic heterocycles. The van der Waals surface area contributed by atoms with Gasteiger partial charge in [0.2, 0.25) is 10.0 Å². The van der Waals surface area contributed by atoms with Gasteiger partial charge in [0.1, 0.15) is 5.58 Å². The number of hydrogen-bond acceptors (Lipinski definition) is 6. The number of aromatic nitrogens is 2. The molecule has 0 saturated heterocycles. The van der Waals surface area contributed by atoms with Crippen LogP contribution in [0.2, 0.25) is 0 Å². The first-order valence-corrected chi connectivity index (χ1v) is 12.4. The van der Waals surface area contributed by atoms with Crippen molar-refractivity contribution >= 4 is 43.8 Å². The molecule has 0 bridgehead atoms. The zero-order chi connectivity index (χ0) is 22.3. The van der Waals surface area contributed by atoms with Gasteiger partial charge in [-0.05, 0) is 67.3 Å². The second-order valence-electron chi connectivity index (χ2n) is 7.55. The second kappa shape index (κ2) is 8.14. The van der Waals surface area contributed by atoms with Crippen LogP contribution < -0.4 is 10.8 Å². The Hall–Kier alpha value is -2.62. The van der Waals surface area contributed by atoms with Crippen LogP contribution in [0.5, 0.6) is 0 Å². The Morgan fingerprint density at radius 2 is 1.87 bits per heavy atom. The van der Waals surface area contributed by atoms with E-state index in [1.165, 1.54) is 30.0 Å². The summed E-state index contributed by atoms with van der Waals surface area (Å²) in [4.78, 5) is 16.8. The monoisotopic (exact) mass is 457 g/mol. The maximum Gasteiger partial charge on any atom is 0.336 e. The van der Waals surface area contributed by atoms with Crippen LogP contribution >= 0.6 is 11.8 Å². The van der Waals surface area contributed by atoms with Gasteiger partial charge in [0.25, 0.3) is 0 Å². The fourth-order valence-electron chi connectivity index (χ4n) is 3.56. The van der Waals surface area contributed by atoms with Crippen LogP contribution in [0.3, 0.4) is 0 Å². The van der Waals surface area contributed by atoms with Crippen molar-refractivity contribution in [2.24, 2.45) is 5.14 Å². The first-order valence-electron chi connectivity index (χ1n) is 9.87. The quantitative estimate of drug-likeness (QED) is 0.345. The number of rotatable bonds is 6. The largest absolute Gasteiger partial charge is 0.423 e. The third kappa shape index (κ3) is 4.26. The topological polar surface area (TPSA) is 108 Å². The highest BCUT2D eigenvalue weighted by Crippen LogP contribution is 2.31. The summed E-state index contributed by atoms with van der Waals surface area (Å²) in [7, 11) is -3.80. The van der Waals surface area contributed by atoms with E-state index in [1.54, 1.807) is 6.07 Å². The summed E-state index contributed by atoms with van der Waals surface area (Å²) in [6, 6.07) is 10.2. The standard InChI is InChI=1S/C22H23N3O4S2/c1-4-7-25-19-6-5-16(31(23,27)28)11-18(19)24-22(25)30-12-15-10-21(26)29-20-9-14(3)13(2)8-17(15)20/h5-6,8-11H,4,7,12H2,1-3H3,(H2,23,27,28). The Kier molecular flexibility index (Phi) is 5.67. The van der Waals surface area contributed by atoms with Crippen molar-refractivity contribution in [1.82, 2.24) is 9.55 Å². The minimum atomic E-state index is -3.80. The summed E-state index contributed by atoms with van der Waals surface area (Å²) < 4.78 is 30.9. The lowest BCUT2D eigenvalue weighted by molar-refractivity contribution is 0.559. The molecule has 0 spiro atoms. The summed E-state index contributed by atoms with van der Waals surface area (Å²) in [6.45, 7) is 6.82. The van der Waals surface area contributed by atoms with Gasteiger partial charge in [-0.25, -0.2) is 23.3 Å². The number of primary sulfonamides is 1. The highest BCUT2D eigenvalue weighted by atomic mass is 32.2. The van der Waals surface area contributed by atoms with Crippen LogP contribution in [0.1, 0.15) is 30.0 Å². The minimum Gasteiger partial charge on any atom is -0.423 e. The summed E-state index contributed by atoms with van der Waals surface area (Å²) in [5, 5.41) is 6.94. The fourth-order valence-corrected chi connectivity index (χ4v) is 5.12. The summed E-state index contributed by atoms with van der Waals surface area (Å²) in [6.07, 6.45) is 0.895. The summed E-state index contributed by atoms with van der Waals surface area (Å²) in [5.74, 6) is 0.527. The minimum absolute atomic E-state index is 0.0372. The second-order valence-corrected chi connectivity index (χ2v) is 10.1. The molecular formula is C22H23N3O4S2. The maximum absolute atomic E-state index is 12.1. The Morgan fingerprint density at radius 3 is 2.58 bits per heavy atom. The molecule has 31 heavy (non-hydrogen) atoms. The van der Waals surface area contributed by atoms with Crippen LogP contribution in [0.15, 0.2) is 55.7 Å². The molecular weight excluding hydrogens is 434 g/mol. The van der Waals surface area contributed by atoms with Crippen molar-refractivity contribution in [3.63, 3.8) is 0 Å². The molecule has 4 rings (SSSR count). The SMILES string of the molecule is CCCn1c(SCc2cc(=O)oc3cc(C)c(C)cc23)nc2cc(S(N)(=O)=O)ccc21. The lowest BCUT2D eigenvalue weighted by atomic mass is 10.0. The number of hydrogen-bond donors (Lipinski definition) is 1. The van der Waals surface area contributed by atoms with Crippen molar-refractivity contribution in [3.8, 4) is 0 Å². The number of nitrogens with two attached hydrogens (primary N) is 1. The van der Waals surface area contributed by atoms with E-state index in [0.717, 1.165) is 45.7 Å². The highest BCUT2D eigenvalue weighted by molar-refractivity contribution is 7.98. The first kappa shape index (κ1) is 21.6. The van der Waals surface area contributed by atoms with Crippen molar-refractivity contribution < 1.29 is 12.8 Å². The molecule has 7 nitrogen and oxygen atoms in total. The van der Waals surface area contributed by atoms with E-state index >= 15 is 0 Å². The van der Waals surface area contributed by atoms with E-state index in [1.807, 2.05) is 26.0 Å². The molecule has 0 aliphatic carbocycles. The molecule has 0 amide bonds. The molecule has 0 radical (unpaired) electrons. The lowest BCUT2D eigenvalue weighted by Crippen LogP contribution is -2.11. The number of aryl methyl sites for hydroxylation is 3. The van der Waals surface area contributed by atoms with Gasteiger partial charge >= 0.3 is 5.63 Å². The number of fused-ring (bicyclic) bond motifs is 2. The number of nitrogens with zero attached hydrogens (tertiary/aromatic N) is 2. The van der Waals surface area contributed by atoms with E-state index in [0.29, 0.717) is 16.9 Å². The third-order valence-electron chi connectivity index (χ3n) is 5.26. The summed E-state index contributed by atoms with van der Waals surface area (Å²) in [5.41, 5.74) is 4.68. The van der Waals surface area contributed by atoms with Crippen LogP contribution in [-0.2, 0) is 22.3 Å². The van der Waals surface area contributed by atoms with Crippen LogP contribution in [0.4, 0.5) is 0 Å². The molecule has 0 atom stereocenters. The predicted molar refractivity (Wildman–Crippen MR) is 123 cm³/mol. The molecule has 4 aromatic rings. The van der Waals surface area contributed by atoms with Gasteiger partial charge < -0.3 is 8.98 Å².